The fourth-order valence-electron chi connectivity index (χ4n) is 2.51. The van der Waals surface area contributed by atoms with Crippen LogP contribution in [-0.4, -0.2) is 23.3 Å². The molecule has 0 fully saturated rings. The molecule has 0 aliphatic rings. The van der Waals surface area contributed by atoms with E-state index in [0.717, 1.165) is 0 Å². The van der Waals surface area contributed by atoms with Gasteiger partial charge in [-0.15, -0.1) is 0 Å². The van der Waals surface area contributed by atoms with Gasteiger partial charge in [0, 0.05) is 13.0 Å². The molecule has 3 aromatic heterocycles. The number of nitrogens with one attached hydrogen (secondary N) is 1. The second-order valence-electron chi connectivity index (χ2n) is 5.75. The number of carbonyl (C=O) groups excluding carboxylic acids is 2. The van der Waals surface area contributed by atoms with Gasteiger partial charge in [-0.2, -0.15) is 0 Å². The number of hydrogen-bond donors (Lipinski definition) is 1. The van der Waals surface area contributed by atoms with E-state index in [2.05, 4.69) is 5.32 Å². The van der Waals surface area contributed by atoms with Crippen LogP contribution in [0.15, 0.2) is 68.4 Å². The summed E-state index contributed by atoms with van der Waals surface area (Å²) < 4.78 is 15.7. The molecule has 0 bridgehead atoms. The third kappa shape index (κ3) is 4.89. The lowest BCUT2D eigenvalue weighted by Crippen LogP contribution is -2.31. The van der Waals surface area contributed by atoms with E-state index in [1.807, 2.05) is 12.1 Å². The van der Waals surface area contributed by atoms with Crippen molar-refractivity contribution in [3.05, 3.63) is 72.5 Å². The summed E-state index contributed by atoms with van der Waals surface area (Å²) in [4.78, 5) is 26.0. The zero-order valence-electron chi connectivity index (χ0n) is 14.2. The SMILES string of the molecule is O=C(NCCCC(=O)N(Cc1ccco1)Cc1ccco1)c1ccco1. The molecular weight excluding hydrogens is 336 g/mol. The number of hydrogen-bond acceptors (Lipinski definition) is 5. The molecule has 7 heteroatoms. The van der Waals surface area contributed by atoms with Crippen molar-refractivity contribution >= 4 is 11.8 Å². The Kier molecular flexibility index (Phi) is 5.92. The van der Waals surface area contributed by atoms with Crippen molar-refractivity contribution in [2.45, 2.75) is 25.9 Å². The molecule has 26 heavy (non-hydrogen) atoms. The van der Waals surface area contributed by atoms with E-state index >= 15 is 0 Å². The van der Waals surface area contributed by atoms with Gasteiger partial charge in [0.15, 0.2) is 5.76 Å². The minimum Gasteiger partial charge on any atom is -0.467 e. The molecule has 0 unspecified atom stereocenters. The highest BCUT2D eigenvalue weighted by molar-refractivity contribution is 5.91. The van der Waals surface area contributed by atoms with Crippen LogP contribution >= 0.6 is 0 Å². The first kappa shape index (κ1) is 17.6. The van der Waals surface area contributed by atoms with Crippen LogP contribution in [0.25, 0.3) is 0 Å². The minimum absolute atomic E-state index is 0.0370. The average molecular weight is 356 g/mol. The van der Waals surface area contributed by atoms with Gasteiger partial charge in [0.1, 0.15) is 11.5 Å². The van der Waals surface area contributed by atoms with E-state index in [0.29, 0.717) is 44.0 Å². The summed E-state index contributed by atoms with van der Waals surface area (Å²) >= 11 is 0. The summed E-state index contributed by atoms with van der Waals surface area (Å²) in [5.41, 5.74) is 0. The summed E-state index contributed by atoms with van der Waals surface area (Å²) in [5, 5.41) is 2.73. The van der Waals surface area contributed by atoms with Crippen molar-refractivity contribution in [2.24, 2.45) is 0 Å². The zero-order valence-corrected chi connectivity index (χ0v) is 14.2. The molecule has 3 rings (SSSR count). The van der Waals surface area contributed by atoms with Gasteiger partial charge in [-0.3, -0.25) is 9.59 Å². The van der Waals surface area contributed by atoms with Crippen LogP contribution in [0.5, 0.6) is 0 Å². The van der Waals surface area contributed by atoms with Gasteiger partial charge in [-0.1, -0.05) is 0 Å². The van der Waals surface area contributed by atoms with E-state index in [9.17, 15) is 9.59 Å². The molecule has 7 nitrogen and oxygen atoms in total. The summed E-state index contributed by atoms with van der Waals surface area (Å²) in [7, 11) is 0. The maximum atomic E-state index is 12.6. The highest BCUT2D eigenvalue weighted by atomic mass is 16.3. The number of carbonyl (C=O) groups is 2. The molecule has 3 heterocycles. The normalized spacial score (nSPS) is 10.6. The lowest BCUT2D eigenvalue weighted by Gasteiger charge is -2.20. The van der Waals surface area contributed by atoms with E-state index in [-0.39, 0.29) is 17.6 Å². The Morgan fingerprint density at radius 1 is 0.885 bits per heavy atom. The Balaban J connectivity index is 1.49. The molecule has 0 aliphatic carbocycles. The van der Waals surface area contributed by atoms with Crippen molar-refractivity contribution in [3.63, 3.8) is 0 Å². The lowest BCUT2D eigenvalue weighted by molar-refractivity contribution is -0.133. The van der Waals surface area contributed by atoms with Gasteiger partial charge < -0.3 is 23.5 Å². The van der Waals surface area contributed by atoms with Crippen LogP contribution in [0, 0.1) is 0 Å². The van der Waals surface area contributed by atoms with Crippen molar-refractivity contribution in [1.82, 2.24) is 10.2 Å². The van der Waals surface area contributed by atoms with Crippen LogP contribution in [0.3, 0.4) is 0 Å². The number of amides is 2. The third-order valence-electron chi connectivity index (χ3n) is 3.80. The van der Waals surface area contributed by atoms with Gasteiger partial charge in [-0.05, 0) is 42.8 Å². The quantitative estimate of drug-likeness (QED) is 0.595. The largest absolute Gasteiger partial charge is 0.467 e. The Labute approximate surface area is 150 Å². The fraction of sp³-hybridized carbons (Fsp3) is 0.263. The van der Waals surface area contributed by atoms with E-state index in [1.54, 1.807) is 41.7 Å². The molecule has 1 N–H and O–H groups in total. The number of nitrogens with zero attached hydrogens (tertiary/aromatic N) is 1. The highest BCUT2D eigenvalue weighted by Gasteiger charge is 2.17. The monoisotopic (exact) mass is 356 g/mol. The molecule has 0 spiro atoms. The van der Waals surface area contributed by atoms with E-state index in [1.165, 1.54) is 6.26 Å². The van der Waals surface area contributed by atoms with Gasteiger partial charge in [0.25, 0.3) is 5.91 Å². The zero-order chi connectivity index (χ0) is 18.2. The van der Waals surface area contributed by atoms with Crippen molar-refractivity contribution in [2.75, 3.05) is 6.54 Å². The summed E-state index contributed by atoms with van der Waals surface area (Å²) in [6.45, 7) is 1.12. The van der Waals surface area contributed by atoms with Crippen LogP contribution in [0.1, 0.15) is 34.9 Å². The van der Waals surface area contributed by atoms with Gasteiger partial charge in [0.05, 0.1) is 31.9 Å². The number of furan rings is 3. The highest BCUT2D eigenvalue weighted by Crippen LogP contribution is 2.13. The molecule has 0 saturated heterocycles. The Morgan fingerprint density at radius 2 is 1.50 bits per heavy atom. The molecular formula is C19H20N2O5. The third-order valence-corrected chi connectivity index (χ3v) is 3.80. The molecule has 2 amide bonds. The smallest absolute Gasteiger partial charge is 0.286 e. The maximum absolute atomic E-state index is 12.6. The van der Waals surface area contributed by atoms with Gasteiger partial charge >= 0.3 is 0 Å². The summed E-state index contributed by atoms with van der Waals surface area (Å²) in [5.74, 6) is 1.34. The second-order valence-corrected chi connectivity index (χ2v) is 5.75. The molecule has 0 aliphatic heterocycles. The topological polar surface area (TPSA) is 88.8 Å². The van der Waals surface area contributed by atoms with Crippen molar-refractivity contribution in [1.29, 1.82) is 0 Å². The summed E-state index contributed by atoms with van der Waals surface area (Å²) in [6.07, 6.45) is 5.43. The van der Waals surface area contributed by atoms with Crippen molar-refractivity contribution < 1.29 is 22.8 Å². The number of rotatable bonds is 9. The predicted molar refractivity (Wildman–Crippen MR) is 91.9 cm³/mol. The molecule has 0 saturated carbocycles. The first-order valence-electron chi connectivity index (χ1n) is 8.36. The van der Waals surface area contributed by atoms with Crippen LogP contribution < -0.4 is 5.32 Å². The Bertz CT molecular complexity index is 755. The second kappa shape index (κ2) is 8.75. The maximum Gasteiger partial charge on any atom is 0.286 e. The van der Waals surface area contributed by atoms with Gasteiger partial charge in [-0.25, -0.2) is 0 Å². The van der Waals surface area contributed by atoms with Gasteiger partial charge in [0.2, 0.25) is 5.91 Å². The predicted octanol–water partition coefficient (Wildman–Crippen LogP) is 3.20. The molecule has 3 aromatic rings. The van der Waals surface area contributed by atoms with Crippen LogP contribution in [0.2, 0.25) is 0 Å². The van der Waals surface area contributed by atoms with Crippen LogP contribution in [-0.2, 0) is 17.9 Å². The lowest BCUT2D eigenvalue weighted by atomic mass is 10.2. The molecule has 0 aromatic carbocycles. The average Bonchev–Trinajstić information content (AvgIpc) is 3.41. The molecule has 136 valence electrons. The first-order chi connectivity index (χ1) is 12.7. The summed E-state index contributed by atoms with van der Waals surface area (Å²) in [6, 6.07) is 10.5. The van der Waals surface area contributed by atoms with Crippen molar-refractivity contribution in [3.8, 4) is 0 Å². The standard InChI is InChI=1S/C19H20N2O5/c22-18(8-1-9-20-19(23)17-7-4-12-26-17)21(13-15-5-2-10-24-15)14-16-6-3-11-25-16/h2-7,10-12H,1,8-9,13-14H2,(H,20,23). The minimum atomic E-state index is -0.287. The van der Waals surface area contributed by atoms with Crippen LogP contribution in [0.4, 0.5) is 0 Å². The molecule has 0 radical (unpaired) electrons. The molecule has 0 atom stereocenters. The fourth-order valence-corrected chi connectivity index (χ4v) is 2.51. The van der Waals surface area contributed by atoms with E-state index < -0.39 is 0 Å². The van der Waals surface area contributed by atoms with E-state index in [4.69, 9.17) is 13.3 Å². The Hall–Kier alpha value is -3.22. The first-order valence-corrected chi connectivity index (χ1v) is 8.36. The Morgan fingerprint density at radius 3 is 2.04 bits per heavy atom.